The SMILES string of the molecule is CC.CC(C)PC1N(CC2CC2(F)F)CCC12CC2.CC(O)(O)[C@]1(P)N(CC2CC2(F)F)CCC12CC2.CC(O)O.CPC1CCC(O)(O)N1C(O)(O)C1CC1(F)F. The summed E-state index contributed by atoms with van der Waals surface area (Å²) in [4.78, 5) is 4.87. The third kappa shape index (κ3) is 11.0. The molecule has 5 saturated carbocycles. The molecule has 11 nitrogen and oxygen atoms in total. The molecule has 8 aliphatic rings. The summed E-state index contributed by atoms with van der Waals surface area (Å²) in [6, 6.07) is 0. The lowest BCUT2D eigenvalue weighted by Crippen LogP contribution is -2.61. The van der Waals surface area contributed by atoms with Crippen LogP contribution in [-0.4, -0.2) is 153 Å². The minimum absolute atomic E-state index is 0.0647. The van der Waals surface area contributed by atoms with Crippen molar-refractivity contribution in [3.63, 3.8) is 0 Å². The molecule has 0 aromatic heterocycles. The highest BCUT2D eigenvalue weighted by Crippen LogP contribution is 2.69. The maximum absolute atomic E-state index is 13.0. The second-order valence-corrected chi connectivity index (χ2v) is 22.4. The standard InChI is InChI=1S/C13H22F2NP.C12H20F2NO2P.C9H16F2NO4P.C2H6O2.C2H6/c1-9(2)17-11-12(3-4-12)5-6-16(11)8-10-7-13(10,14)15;1-9(16,17)12(18)10(2-3-10)4-5-15(12)7-8-6-11(8,13)14;1-17-6-2-3-8(13,14)12(6)9(15,16)5-4-7(5,10)11;1-2(3)4;1-2/h9-11,17H,3-8H2,1-2H3;8,16-17H,2-7,18H2,1H3;5-6,13-17H,2-4H2,1H3;2-4H,1H3;1-2H3/t;8?,12-;;;/m.1.../s1. The summed E-state index contributed by atoms with van der Waals surface area (Å²) in [5.74, 6) is -17.7. The van der Waals surface area contributed by atoms with Crippen LogP contribution < -0.4 is 0 Å². The van der Waals surface area contributed by atoms with Gasteiger partial charge in [-0.05, 0) is 95.0 Å². The molecule has 0 bridgehead atoms. The maximum atomic E-state index is 13.0. The molecule has 8 unspecified atom stereocenters. The third-order valence-corrected chi connectivity index (χ3v) is 17.9. The van der Waals surface area contributed by atoms with E-state index in [-0.39, 0.29) is 45.7 Å². The molecule has 3 aliphatic heterocycles. The molecule has 20 heteroatoms. The van der Waals surface area contributed by atoms with Crippen LogP contribution in [-0.2, 0) is 0 Å². The van der Waals surface area contributed by atoms with E-state index < -0.39 is 71.0 Å². The molecule has 0 radical (unpaired) electrons. The van der Waals surface area contributed by atoms with E-state index in [0.717, 1.165) is 34.4 Å². The quantitative estimate of drug-likeness (QED) is 0.0850. The van der Waals surface area contributed by atoms with Gasteiger partial charge >= 0.3 is 0 Å². The van der Waals surface area contributed by atoms with Crippen molar-refractivity contribution >= 4 is 26.4 Å². The fraction of sp³-hybridized carbons (Fsp3) is 1.00. The molecule has 0 aromatic rings. The Morgan fingerprint density at radius 2 is 1.24 bits per heavy atom. The smallest absolute Gasteiger partial charge is 0.258 e. The molecule has 8 rings (SSSR count). The zero-order valence-electron chi connectivity index (χ0n) is 34.9. The summed E-state index contributed by atoms with van der Waals surface area (Å²) in [5.41, 5.74) is 1.14. The van der Waals surface area contributed by atoms with Crippen LogP contribution in [0.1, 0.15) is 112 Å². The van der Waals surface area contributed by atoms with Crippen molar-refractivity contribution < 1.29 is 67.2 Å². The summed E-state index contributed by atoms with van der Waals surface area (Å²) in [6.07, 6.45) is 5.22. The molecule has 342 valence electrons. The van der Waals surface area contributed by atoms with Crippen molar-refractivity contribution in [2.24, 2.45) is 28.6 Å². The number of likely N-dealkylation sites (tertiary alicyclic amines) is 3. The van der Waals surface area contributed by atoms with Crippen molar-refractivity contribution in [3.8, 4) is 0 Å². The predicted molar refractivity (Wildman–Crippen MR) is 216 cm³/mol. The Morgan fingerprint density at radius 1 is 0.759 bits per heavy atom. The van der Waals surface area contributed by atoms with Crippen molar-refractivity contribution in [3.05, 3.63) is 0 Å². The molecule has 58 heavy (non-hydrogen) atoms. The van der Waals surface area contributed by atoms with Gasteiger partial charge in [0.2, 0.25) is 11.8 Å². The minimum Gasteiger partial charge on any atom is -0.368 e. The average Bonchev–Trinajstić information content (AvgIpc) is 3.95. The van der Waals surface area contributed by atoms with Crippen molar-refractivity contribution in [1.82, 2.24) is 14.7 Å². The first-order valence-electron chi connectivity index (χ1n) is 20.8. The van der Waals surface area contributed by atoms with Crippen LogP contribution in [0, 0.1) is 28.6 Å². The first-order valence-corrected chi connectivity index (χ1v) is 24.1. The van der Waals surface area contributed by atoms with Gasteiger partial charge in [-0.25, -0.2) is 26.3 Å². The number of nitrogens with zero attached hydrogens (tertiary/aromatic N) is 3. The summed E-state index contributed by atoms with van der Waals surface area (Å²) >= 11 is 0. The van der Waals surface area contributed by atoms with Crippen molar-refractivity contribution in [2.75, 3.05) is 32.8 Å². The maximum Gasteiger partial charge on any atom is 0.258 e. The van der Waals surface area contributed by atoms with Crippen LogP contribution in [0.15, 0.2) is 0 Å². The summed E-state index contributed by atoms with van der Waals surface area (Å²) < 4.78 is 78.0. The van der Waals surface area contributed by atoms with E-state index in [1.165, 1.54) is 33.1 Å². The number of hydrogen-bond acceptors (Lipinski definition) is 11. The zero-order chi connectivity index (χ0) is 44.3. The van der Waals surface area contributed by atoms with Crippen LogP contribution >= 0.6 is 26.4 Å². The second kappa shape index (κ2) is 17.8. The number of halogens is 6. The van der Waals surface area contributed by atoms with E-state index in [0.29, 0.717) is 41.3 Å². The van der Waals surface area contributed by atoms with Gasteiger partial charge in [-0.1, -0.05) is 27.7 Å². The third-order valence-electron chi connectivity index (χ3n) is 13.2. The molecule has 5 aliphatic carbocycles. The first-order chi connectivity index (χ1) is 26.4. The Bertz CT molecular complexity index is 1390. The van der Waals surface area contributed by atoms with Gasteiger partial charge in [0, 0.05) is 62.2 Å². The summed E-state index contributed by atoms with van der Waals surface area (Å²) in [7, 11) is 3.67. The number of aliphatic hydroxyl groups excluding tert-OH is 1. The molecule has 0 amide bonds. The lowest BCUT2D eigenvalue weighted by atomic mass is 9.89. The van der Waals surface area contributed by atoms with E-state index in [1.54, 1.807) is 6.66 Å². The molecule has 8 fully saturated rings. The van der Waals surface area contributed by atoms with Gasteiger partial charge in [-0.3, -0.25) is 9.80 Å². The topological polar surface area (TPSA) is 172 Å². The van der Waals surface area contributed by atoms with Gasteiger partial charge in [0.25, 0.3) is 17.8 Å². The van der Waals surface area contributed by atoms with Gasteiger partial charge in [-0.2, -0.15) is 4.90 Å². The molecule has 9 atom stereocenters. The average molecular weight is 904 g/mol. The molecular weight excluding hydrogens is 833 g/mol. The first kappa shape index (κ1) is 51.1. The Kier molecular flexibility index (Phi) is 15.7. The highest BCUT2D eigenvalue weighted by molar-refractivity contribution is 7.39. The number of aliphatic hydroxyl groups is 8. The lowest BCUT2D eigenvalue weighted by Gasteiger charge is -2.46. The molecule has 3 saturated heterocycles. The van der Waals surface area contributed by atoms with Gasteiger partial charge in [0.05, 0.1) is 11.2 Å². The highest BCUT2D eigenvalue weighted by atomic mass is 31.1. The molecule has 0 aromatic carbocycles. The van der Waals surface area contributed by atoms with E-state index in [2.05, 4.69) is 28.0 Å². The van der Waals surface area contributed by atoms with Gasteiger partial charge < -0.3 is 40.9 Å². The van der Waals surface area contributed by atoms with E-state index in [1.807, 2.05) is 18.7 Å². The van der Waals surface area contributed by atoms with Crippen molar-refractivity contribution in [2.45, 2.75) is 176 Å². The molecule has 2 spiro atoms. The number of rotatable bonds is 10. The number of hydrogen-bond donors (Lipinski definition) is 8. The van der Waals surface area contributed by atoms with Crippen molar-refractivity contribution in [1.29, 1.82) is 0 Å². The number of alkyl halides is 6. The van der Waals surface area contributed by atoms with Gasteiger partial charge in [0.1, 0.15) is 6.29 Å². The minimum atomic E-state index is -3.15. The zero-order valence-corrected chi connectivity index (χ0v) is 38.1. The summed E-state index contributed by atoms with van der Waals surface area (Å²) in [5, 5.41) is 73.5. The Hall–Kier alpha value is 0.430. The van der Waals surface area contributed by atoms with Crippen LogP contribution in [0.2, 0.25) is 0 Å². The Morgan fingerprint density at radius 3 is 1.62 bits per heavy atom. The lowest BCUT2D eigenvalue weighted by molar-refractivity contribution is -0.384. The molecule has 3 heterocycles. The van der Waals surface area contributed by atoms with Crippen LogP contribution in [0.25, 0.3) is 0 Å². The fourth-order valence-electron chi connectivity index (χ4n) is 9.25. The van der Waals surface area contributed by atoms with E-state index >= 15 is 0 Å². The van der Waals surface area contributed by atoms with Gasteiger partial charge in [0.15, 0.2) is 5.79 Å². The fourth-order valence-corrected chi connectivity index (χ4v) is 12.9. The monoisotopic (exact) mass is 903 g/mol. The predicted octanol–water partition coefficient (Wildman–Crippen LogP) is 4.93. The summed E-state index contributed by atoms with van der Waals surface area (Å²) in [6.45, 7) is 15.6. The highest BCUT2D eigenvalue weighted by Gasteiger charge is 2.73. The van der Waals surface area contributed by atoms with Crippen LogP contribution in [0.4, 0.5) is 26.3 Å². The normalized spacial score (nSPS) is 35.7. The van der Waals surface area contributed by atoms with E-state index in [9.17, 15) is 57.0 Å². The molecular formula is C38H70F6N3O8P3. The molecule has 8 N–H and O–H groups in total. The Balaban J connectivity index is 0.000000180. The van der Waals surface area contributed by atoms with Crippen LogP contribution in [0.3, 0.4) is 0 Å². The van der Waals surface area contributed by atoms with Crippen LogP contribution in [0.5, 0.6) is 0 Å². The Labute approximate surface area is 345 Å². The van der Waals surface area contributed by atoms with Gasteiger partial charge in [-0.15, -0.1) is 26.4 Å². The van der Waals surface area contributed by atoms with E-state index in [4.69, 9.17) is 10.2 Å². The second-order valence-electron chi connectivity index (χ2n) is 18.2. The largest absolute Gasteiger partial charge is 0.368 e.